The lowest BCUT2D eigenvalue weighted by molar-refractivity contribution is -0.137. The van der Waals surface area contributed by atoms with Crippen LogP contribution in [-0.4, -0.2) is 15.5 Å². The fourth-order valence-corrected chi connectivity index (χ4v) is 2.42. The van der Waals surface area contributed by atoms with Crippen molar-refractivity contribution in [3.63, 3.8) is 0 Å². The third-order valence-electron chi connectivity index (χ3n) is 3.53. The lowest BCUT2D eigenvalue weighted by Gasteiger charge is -2.19. The second kappa shape index (κ2) is 6.46. The number of amides is 1. The van der Waals surface area contributed by atoms with Gasteiger partial charge in [-0.05, 0) is 39.0 Å². The Hall–Kier alpha value is -2.64. The number of benzene rings is 1. The van der Waals surface area contributed by atoms with Gasteiger partial charge in [0.25, 0.3) is 0 Å². The van der Waals surface area contributed by atoms with Crippen LogP contribution in [0.25, 0.3) is 0 Å². The number of nitrogens with zero attached hydrogens (tertiary/aromatic N) is 2. The quantitative estimate of drug-likeness (QED) is 0.935. The number of carbonyl (C=O) groups is 1. The van der Waals surface area contributed by atoms with Crippen molar-refractivity contribution in [2.24, 2.45) is 0 Å². The summed E-state index contributed by atoms with van der Waals surface area (Å²) < 4.78 is 40.1. The molecule has 1 atom stereocenters. The van der Waals surface area contributed by atoms with E-state index in [1.54, 1.807) is 19.9 Å². The van der Waals surface area contributed by atoms with E-state index in [1.807, 2.05) is 0 Å². The van der Waals surface area contributed by atoms with E-state index in [2.05, 4.69) is 10.3 Å². The number of aromatic nitrogens is 2. The van der Waals surface area contributed by atoms with Crippen LogP contribution in [0.2, 0.25) is 0 Å². The summed E-state index contributed by atoms with van der Waals surface area (Å²) in [6, 6.07) is 5.28. The maximum absolute atomic E-state index is 13.0. The van der Waals surface area contributed by atoms with Gasteiger partial charge < -0.3 is 5.32 Å². The van der Waals surface area contributed by atoms with Crippen LogP contribution in [-0.2, 0) is 11.0 Å². The first-order valence-corrected chi connectivity index (χ1v) is 7.15. The average molecular weight is 339 g/mol. The zero-order chi connectivity index (χ0) is 18.1. The Kier molecular flexibility index (Phi) is 4.77. The summed E-state index contributed by atoms with van der Waals surface area (Å²) in [7, 11) is 0. The SMILES string of the molecule is Cc1cc(C)n([C@@H](C)C(=O)Nc2ccccc2C(F)(F)F)c(=O)n1. The Balaban J connectivity index is 2.34. The second-order valence-electron chi connectivity index (χ2n) is 5.40. The van der Waals surface area contributed by atoms with E-state index in [0.29, 0.717) is 11.4 Å². The smallest absolute Gasteiger partial charge is 0.324 e. The molecule has 1 amide bonds. The molecule has 1 aromatic carbocycles. The van der Waals surface area contributed by atoms with E-state index in [1.165, 1.54) is 19.1 Å². The number of para-hydroxylation sites is 1. The molecule has 24 heavy (non-hydrogen) atoms. The third kappa shape index (κ3) is 3.64. The molecular weight excluding hydrogens is 323 g/mol. The summed E-state index contributed by atoms with van der Waals surface area (Å²) in [5.74, 6) is -0.734. The molecule has 1 heterocycles. The van der Waals surface area contributed by atoms with Gasteiger partial charge in [-0.2, -0.15) is 18.2 Å². The summed E-state index contributed by atoms with van der Waals surface area (Å²) >= 11 is 0. The van der Waals surface area contributed by atoms with Gasteiger partial charge in [0.05, 0.1) is 11.3 Å². The van der Waals surface area contributed by atoms with Crippen molar-refractivity contribution >= 4 is 11.6 Å². The Morgan fingerprint density at radius 1 is 1.25 bits per heavy atom. The first kappa shape index (κ1) is 17.7. The Morgan fingerprint density at radius 2 is 1.88 bits per heavy atom. The van der Waals surface area contributed by atoms with Crippen molar-refractivity contribution in [3.8, 4) is 0 Å². The van der Waals surface area contributed by atoms with E-state index >= 15 is 0 Å². The van der Waals surface area contributed by atoms with Crippen LogP contribution in [0.5, 0.6) is 0 Å². The molecule has 0 aliphatic rings. The van der Waals surface area contributed by atoms with Gasteiger partial charge in [-0.25, -0.2) is 4.79 Å². The van der Waals surface area contributed by atoms with Gasteiger partial charge in [-0.1, -0.05) is 12.1 Å². The van der Waals surface area contributed by atoms with Crippen LogP contribution in [0.15, 0.2) is 35.1 Å². The molecular formula is C16H16F3N3O2. The number of hydrogen-bond donors (Lipinski definition) is 1. The summed E-state index contributed by atoms with van der Waals surface area (Å²) in [4.78, 5) is 28.0. The lowest BCUT2D eigenvalue weighted by Crippen LogP contribution is -2.35. The standard InChI is InChI=1S/C16H16F3N3O2/c1-9-8-10(2)22(15(24)20-9)11(3)14(23)21-13-7-5-4-6-12(13)16(17,18)19/h4-8,11H,1-3H3,(H,21,23)/t11-/m0/s1. The number of aryl methyl sites for hydroxylation is 2. The van der Waals surface area contributed by atoms with Crippen LogP contribution >= 0.6 is 0 Å². The molecule has 2 rings (SSSR count). The molecule has 0 fully saturated rings. The van der Waals surface area contributed by atoms with Gasteiger partial charge >= 0.3 is 11.9 Å². The maximum Gasteiger partial charge on any atom is 0.418 e. The van der Waals surface area contributed by atoms with Gasteiger partial charge in [0, 0.05) is 11.4 Å². The van der Waals surface area contributed by atoms with Gasteiger partial charge in [-0.15, -0.1) is 0 Å². The van der Waals surface area contributed by atoms with Crippen molar-refractivity contribution in [1.82, 2.24) is 9.55 Å². The monoisotopic (exact) mass is 339 g/mol. The average Bonchev–Trinajstić information content (AvgIpc) is 2.45. The highest BCUT2D eigenvalue weighted by Gasteiger charge is 2.34. The Labute approximate surface area is 136 Å². The van der Waals surface area contributed by atoms with Crippen molar-refractivity contribution in [3.05, 3.63) is 57.8 Å². The molecule has 0 aliphatic carbocycles. The first-order valence-electron chi connectivity index (χ1n) is 7.15. The van der Waals surface area contributed by atoms with Gasteiger partial charge in [0.2, 0.25) is 5.91 Å². The Morgan fingerprint density at radius 3 is 2.46 bits per heavy atom. The molecule has 0 spiro atoms. The van der Waals surface area contributed by atoms with Crippen molar-refractivity contribution < 1.29 is 18.0 Å². The summed E-state index contributed by atoms with van der Waals surface area (Å²) in [5, 5.41) is 2.24. The van der Waals surface area contributed by atoms with E-state index in [-0.39, 0.29) is 5.69 Å². The van der Waals surface area contributed by atoms with E-state index in [9.17, 15) is 22.8 Å². The number of hydrogen-bond acceptors (Lipinski definition) is 3. The van der Waals surface area contributed by atoms with Crippen LogP contribution < -0.4 is 11.0 Å². The summed E-state index contributed by atoms with van der Waals surface area (Å²) in [5.41, 5.74) is -0.924. The molecule has 0 radical (unpaired) electrons. The molecule has 8 heteroatoms. The minimum absolute atomic E-state index is 0.354. The highest BCUT2D eigenvalue weighted by atomic mass is 19.4. The number of alkyl halides is 3. The van der Waals surface area contributed by atoms with Crippen molar-refractivity contribution in [2.75, 3.05) is 5.32 Å². The molecule has 0 aliphatic heterocycles. The van der Waals surface area contributed by atoms with E-state index in [4.69, 9.17) is 0 Å². The first-order chi connectivity index (χ1) is 11.1. The number of carbonyl (C=O) groups excluding carboxylic acids is 1. The highest BCUT2D eigenvalue weighted by molar-refractivity contribution is 5.94. The second-order valence-corrected chi connectivity index (χ2v) is 5.40. The largest absolute Gasteiger partial charge is 0.418 e. The number of nitrogens with one attached hydrogen (secondary N) is 1. The van der Waals surface area contributed by atoms with E-state index < -0.39 is 29.4 Å². The minimum Gasteiger partial charge on any atom is -0.324 e. The zero-order valence-electron chi connectivity index (χ0n) is 13.3. The highest BCUT2D eigenvalue weighted by Crippen LogP contribution is 2.34. The van der Waals surface area contributed by atoms with Gasteiger partial charge in [0.15, 0.2) is 0 Å². The van der Waals surface area contributed by atoms with Crippen LogP contribution in [0.4, 0.5) is 18.9 Å². The van der Waals surface area contributed by atoms with Crippen LogP contribution in [0.1, 0.15) is 29.9 Å². The molecule has 0 unspecified atom stereocenters. The summed E-state index contributed by atoms with van der Waals surface area (Å²) in [6.45, 7) is 4.70. The van der Waals surface area contributed by atoms with Gasteiger partial charge in [0.1, 0.15) is 6.04 Å². The predicted octanol–water partition coefficient (Wildman–Crippen LogP) is 3.08. The topological polar surface area (TPSA) is 64.0 Å². The zero-order valence-corrected chi connectivity index (χ0v) is 13.3. The molecule has 0 saturated carbocycles. The fraction of sp³-hybridized carbons (Fsp3) is 0.312. The van der Waals surface area contributed by atoms with Crippen molar-refractivity contribution in [1.29, 1.82) is 0 Å². The molecule has 128 valence electrons. The van der Waals surface area contributed by atoms with Crippen LogP contribution in [0.3, 0.4) is 0 Å². The molecule has 2 aromatic rings. The number of anilines is 1. The molecule has 0 saturated heterocycles. The van der Waals surface area contributed by atoms with Crippen molar-refractivity contribution in [2.45, 2.75) is 33.0 Å². The lowest BCUT2D eigenvalue weighted by atomic mass is 10.1. The summed E-state index contributed by atoms with van der Waals surface area (Å²) in [6.07, 6.45) is -4.59. The molecule has 0 bridgehead atoms. The number of halogens is 3. The normalized spacial score (nSPS) is 12.8. The van der Waals surface area contributed by atoms with Gasteiger partial charge in [-0.3, -0.25) is 9.36 Å². The molecule has 5 nitrogen and oxygen atoms in total. The Bertz CT molecular complexity index is 828. The molecule has 1 aromatic heterocycles. The fourth-order valence-electron chi connectivity index (χ4n) is 2.42. The minimum atomic E-state index is -4.59. The maximum atomic E-state index is 13.0. The predicted molar refractivity (Wildman–Crippen MR) is 82.8 cm³/mol. The number of rotatable bonds is 3. The molecule has 1 N–H and O–H groups in total. The van der Waals surface area contributed by atoms with Crippen LogP contribution in [0, 0.1) is 13.8 Å². The van der Waals surface area contributed by atoms with E-state index in [0.717, 1.165) is 16.7 Å². The third-order valence-corrected chi connectivity index (χ3v) is 3.53.